The number of nitrogens with zero attached hydrogens (tertiary/aromatic N) is 2. The van der Waals surface area contributed by atoms with Crippen LogP contribution < -0.4 is 0 Å². The molecule has 0 aliphatic carbocycles. The van der Waals surface area contributed by atoms with Crippen molar-refractivity contribution >= 4 is 29.9 Å². The van der Waals surface area contributed by atoms with Gasteiger partial charge in [-0.3, -0.25) is 29.0 Å². The van der Waals surface area contributed by atoms with Gasteiger partial charge in [-0.2, -0.15) is 0 Å². The molecule has 0 unspecified atom stereocenters. The van der Waals surface area contributed by atoms with E-state index in [1.165, 1.54) is 29.2 Å². The van der Waals surface area contributed by atoms with Gasteiger partial charge in [0.15, 0.2) is 0 Å². The Hall–Kier alpha value is -2.61. The van der Waals surface area contributed by atoms with Crippen molar-refractivity contribution in [3.63, 3.8) is 0 Å². The number of imide groups is 2. The summed E-state index contributed by atoms with van der Waals surface area (Å²) in [6.07, 6.45) is 8.00. The Labute approximate surface area is 139 Å². The van der Waals surface area contributed by atoms with Crippen LogP contribution in [0.25, 0.3) is 0 Å². The van der Waals surface area contributed by atoms with E-state index in [4.69, 9.17) is 5.11 Å². The van der Waals surface area contributed by atoms with E-state index in [9.17, 15) is 24.0 Å². The summed E-state index contributed by atoms with van der Waals surface area (Å²) in [5.41, 5.74) is 0. The first kappa shape index (κ1) is 19.4. The van der Waals surface area contributed by atoms with Gasteiger partial charge in [-0.25, -0.2) is 0 Å². The Balaban J connectivity index is 0.000000240. The molecule has 2 aliphatic rings. The Morgan fingerprint density at radius 3 is 1.54 bits per heavy atom. The number of aldehydes is 1. The van der Waals surface area contributed by atoms with E-state index in [-0.39, 0.29) is 30.2 Å². The third-order valence-corrected chi connectivity index (χ3v) is 3.29. The molecule has 8 heteroatoms. The van der Waals surface area contributed by atoms with E-state index >= 15 is 0 Å². The van der Waals surface area contributed by atoms with E-state index in [1.54, 1.807) is 0 Å². The van der Waals surface area contributed by atoms with Crippen LogP contribution in [-0.2, 0) is 24.0 Å². The lowest BCUT2D eigenvalue weighted by atomic mass is 10.3. The predicted molar refractivity (Wildman–Crippen MR) is 83.3 cm³/mol. The summed E-state index contributed by atoms with van der Waals surface area (Å²) in [7, 11) is 0. The van der Waals surface area contributed by atoms with Crippen LogP contribution in [0.2, 0.25) is 0 Å². The molecule has 1 N–H and O–H groups in total. The maximum atomic E-state index is 10.9. The van der Waals surface area contributed by atoms with Crippen LogP contribution in [0.4, 0.5) is 0 Å². The highest BCUT2D eigenvalue weighted by Gasteiger charge is 2.22. The lowest BCUT2D eigenvalue weighted by Crippen LogP contribution is -2.30. The van der Waals surface area contributed by atoms with Crippen LogP contribution in [0.5, 0.6) is 0 Å². The van der Waals surface area contributed by atoms with Crippen molar-refractivity contribution in [2.24, 2.45) is 0 Å². The molecule has 0 aromatic rings. The third kappa shape index (κ3) is 5.88. The van der Waals surface area contributed by atoms with E-state index in [0.29, 0.717) is 38.8 Å². The highest BCUT2D eigenvalue weighted by Crippen LogP contribution is 2.05. The van der Waals surface area contributed by atoms with Crippen molar-refractivity contribution in [2.45, 2.75) is 25.7 Å². The van der Waals surface area contributed by atoms with Gasteiger partial charge in [-0.15, -0.1) is 0 Å². The molecule has 0 saturated heterocycles. The molecule has 0 atom stereocenters. The molecule has 130 valence electrons. The topological polar surface area (TPSA) is 112 Å². The second kappa shape index (κ2) is 10.2. The van der Waals surface area contributed by atoms with Gasteiger partial charge < -0.3 is 9.90 Å². The first-order valence-electron chi connectivity index (χ1n) is 7.62. The van der Waals surface area contributed by atoms with Gasteiger partial charge in [0.05, 0.1) is 0 Å². The van der Waals surface area contributed by atoms with Gasteiger partial charge in [0.1, 0.15) is 6.29 Å². The minimum atomic E-state index is -0.286. The summed E-state index contributed by atoms with van der Waals surface area (Å²) in [6, 6.07) is 0. The smallest absolute Gasteiger partial charge is 0.253 e. The average molecular weight is 336 g/mol. The quantitative estimate of drug-likeness (QED) is 0.366. The molecule has 0 saturated carbocycles. The number of aliphatic hydroxyl groups is 1. The fourth-order valence-corrected chi connectivity index (χ4v) is 2.02. The summed E-state index contributed by atoms with van der Waals surface area (Å²) in [6.45, 7) is 0.846. The number of hydrogen-bond acceptors (Lipinski definition) is 6. The second-order valence-electron chi connectivity index (χ2n) is 5.06. The standard InChI is InChI=1S/C8H11NO3.C8H9NO3/c2*10-6-2-1-5-9-7(11)3-4-8(9)12/h3-4,10H,1-2,5-6H2;3-4,6H,1-2,5H2. The van der Waals surface area contributed by atoms with Crippen LogP contribution in [0.15, 0.2) is 24.3 Å². The zero-order valence-corrected chi connectivity index (χ0v) is 13.2. The van der Waals surface area contributed by atoms with Crippen molar-refractivity contribution in [3.05, 3.63) is 24.3 Å². The molecule has 4 amide bonds. The highest BCUT2D eigenvalue weighted by molar-refractivity contribution is 6.13. The van der Waals surface area contributed by atoms with Crippen LogP contribution in [0.1, 0.15) is 25.7 Å². The van der Waals surface area contributed by atoms with Gasteiger partial charge >= 0.3 is 0 Å². The van der Waals surface area contributed by atoms with Crippen molar-refractivity contribution in [1.82, 2.24) is 9.80 Å². The van der Waals surface area contributed by atoms with Crippen molar-refractivity contribution in [2.75, 3.05) is 19.7 Å². The molecule has 0 aromatic carbocycles. The number of amides is 4. The monoisotopic (exact) mass is 336 g/mol. The molecule has 8 nitrogen and oxygen atoms in total. The minimum absolute atomic E-state index is 0.101. The highest BCUT2D eigenvalue weighted by atomic mass is 16.3. The lowest BCUT2D eigenvalue weighted by molar-refractivity contribution is -0.138. The molecule has 0 fully saturated rings. The second-order valence-corrected chi connectivity index (χ2v) is 5.06. The number of unbranched alkanes of at least 4 members (excludes halogenated alkanes) is 2. The molecular weight excluding hydrogens is 316 g/mol. The third-order valence-electron chi connectivity index (χ3n) is 3.29. The summed E-state index contributed by atoms with van der Waals surface area (Å²) in [5.74, 6) is -1.08. The average Bonchev–Trinajstić information content (AvgIpc) is 3.05. The van der Waals surface area contributed by atoms with Crippen LogP contribution in [-0.4, -0.2) is 64.5 Å². The van der Waals surface area contributed by atoms with Crippen LogP contribution in [0.3, 0.4) is 0 Å². The largest absolute Gasteiger partial charge is 0.396 e. The van der Waals surface area contributed by atoms with Crippen LogP contribution in [0, 0.1) is 0 Å². The van der Waals surface area contributed by atoms with Gasteiger partial charge in [0.2, 0.25) is 0 Å². The fraction of sp³-hybridized carbons (Fsp3) is 0.438. The number of carbonyl (C=O) groups excluding carboxylic acids is 5. The number of aliphatic hydroxyl groups excluding tert-OH is 1. The Morgan fingerprint density at radius 2 is 1.17 bits per heavy atom. The number of rotatable bonds is 8. The molecule has 0 bridgehead atoms. The zero-order chi connectivity index (χ0) is 17.9. The Bertz CT molecular complexity index is 531. The fourth-order valence-electron chi connectivity index (χ4n) is 2.02. The van der Waals surface area contributed by atoms with Crippen molar-refractivity contribution < 1.29 is 29.1 Å². The molecule has 2 rings (SSSR count). The Morgan fingerprint density at radius 1 is 0.750 bits per heavy atom. The molecule has 24 heavy (non-hydrogen) atoms. The van der Waals surface area contributed by atoms with E-state index < -0.39 is 0 Å². The van der Waals surface area contributed by atoms with E-state index in [2.05, 4.69) is 0 Å². The Kier molecular flexibility index (Phi) is 8.28. The van der Waals surface area contributed by atoms with Crippen molar-refractivity contribution in [3.8, 4) is 0 Å². The lowest BCUT2D eigenvalue weighted by Gasteiger charge is -2.12. The SMILES string of the molecule is O=C1C=CC(=O)N1CCCCO.O=CCCCN1C(=O)C=CC1=O. The first-order valence-corrected chi connectivity index (χ1v) is 7.62. The van der Waals surface area contributed by atoms with E-state index in [1.807, 2.05) is 0 Å². The number of carbonyl (C=O) groups is 5. The van der Waals surface area contributed by atoms with Crippen LogP contribution >= 0.6 is 0 Å². The minimum Gasteiger partial charge on any atom is -0.396 e. The number of hydrogen-bond donors (Lipinski definition) is 1. The maximum absolute atomic E-state index is 10.9. The predicted octanol–water partition coefficient (Wildman–Crippen LogP) is -0.426. The summed E-state index contributed by atoms with van der Waals surface area (Å²) in [5, 5.41) is 8.47. The summed E-state index contributed by atoms with van der Waals surface area (Å²) >= 11 is 0. The normalized spacial score (nSPS) is 16.0. The van der Waals surface area contributed by atoms with E-state index in [0.717, 1.165) is 11.2 Å². The molecule has 2 heterocycles. The maximum Gasteiger partial charge on any atom is 0.253 e. The summed E-state index contributed by atoms with van der Waals surface area (Å²) < 4.78 is 0. The zero-order valence-electron chi connectivity index (χ0n) is 13.2. The molecular formula is C16H20N2O6. The van der Waals surface area contributed by atoms with Gasteiger partial charge in [-0.1, -0.05) is 0 Å². The van der Waals surface area contributed by atoms with Crippen molar-refractivity contribution in [1.29, 1.82) is 0 Å². The first-order chi connectivity index (χ1) is 11.5. The summed E-state index contributed by atoms with van der Waals surface area (Å²) in [4.78, 5) is 55.9. The molecule has 0 aromatic heterocycles. The molecule has 0 radical (unpaired) electrons. The van der Waals surface area contributed by atoms with Gasteiger partial charge in [0.25, 0.3) is 23.6 Å². The van der Waals surface area contributed by atoms with Gasteiger partial charge in [0, 0.05) is 50.4 Å². The molecule has 0 spiro atoms. The van der Waals surface area contributed by atoms with Gasteiger partial charge in [-0.05, 0) is 19.3 Å². The molecule has 2 aliphatic heterocycles.